The molecule has 0 unspecified atom stereocenters. The van der Waals surface area contributed by atoms with Gasteiger partial charge in [0.2, 0.25) is 5.91 Å². The first-order valence-corrected chi connectivity index (χ1v) is 9.17. The van der Waals surface area contributed by atoms with Crippen LogP contribution in [-0.4, -0.2) is 22.5 Å². The summed E-state index contributed by atoms with van der Waals surface area (Å²) in [6, 6.07) is 11.2. The van der Waals surface area contributed by atoms with Crippen LogP contribution in [0.2, 0.25) is 0 Å². The quantitative estimate of drug-likeness (QED) is 0.654. The van der Waals surface area contributed by atoms with Gasteiger partial charge in [-0.05, 0) is 55.8 Å². The number of amides is 1. The highest BCUT2D eigenvalue weighted by molar-refractivity contribution is 7.13. The van der Waals surface area contributed by atoms with E-state index in [1.165, 1.54) is 11.3 Å². The Labute approximate surface area is 156 Å². The summed E-state index contributed by atoms with van der Waals surface area (Å²) >= 11 is 1.45. The Hall–Kier alpha value is -2.93. The summed E-state index contributed by atoms with van der Waals surface area (Å²) in [5.74, 6) is 1.41. The summed E-state index contributed by atoms with van der Waals surface area (Å²) in [4.78, 5) is 20.9. The third-order valence-corrected chi connectivity index (χ3v) is 4.30. The fourth-order valence-corrected chi connectivity index (χ4v) is 3.05. The second-order valence-corrected chi connectivity index (χ2v) is 6.53. The van der Waals surface area contributed by atoms with Crippen LogP contribution in [-0.2, 0) is 11.2 Å². The molecule has 0 aliphatic rings. The largest absolute Gasteiger partial charge is 0.494 e. The summed E-state index contributed by atoms with van der Waals surface area (Å²) in [5.41, 5.74) is 2.57. The molecule has 0 bridgehead atoms. The Kier molecular flexibility index (Phi) is 5.80. The predicted octanol–water partition coefficient (Wildman–Crippen LogP) is 4.17. The van der Waals surface area contributed by atoms with E-state index in [1.807, 2.05) is 55.6 Å². The van der Waals surface area contributed by atoms with Gasteiger partial charge in [-0.2, -0.15) is 0 Å². The second kappa shape index (κ2) is 8.44. The van der Waals surface area contributed by atoms with Gasteiger partial charge in [-0.15, -0.1) is 11.3 Å². The van der Waals surface area contributed by atoms with Gasteiger partial charge in [0.15, 0.2) is 5.13 Å². The number of nitrogens with zero attached hydrogens (tertiary/aromatic N) is 2. The number of rotatable bonds is 7. The number of aromatic nitrogens is 2. The van der Waals surface area contributed by atoms with Gasteiger partial charge in [0.25, 0.3) is 0 Å². The van der Waals surface area contributed by atoms with Crippen molar-refractivity contribution >= 4 is 33.9 Å². The van der Waals surface area contributed by atoms with Crippen molar-refractivity contribution in [2.75, 3.05) is 17.2 Å². The van der Waals surface area contributed by atoms with Crippen molar-refractivity contribution in [3.63, 3.8) is 0 Å². The SMILES string of the molecule is CCOc1ccc(NC(=O)Cc2csc(Nc3cc(C)ccn3)n2)cc1. The molecule has 3 aromatic rings. The summed E-state index contributed by atoms with van der Waals surface area (Å²) < 4.78 is 5.39. The Morgan fingerprint density at radius 2 is 2.04 bits per heavy atom. The third-order valence-electron chi connectivity index (χ3n) is 3.49. The number of ether oxygens (including phenoxy) is 1. The average molecular weight is 368 g/mol. The van der Waals surface area contributed by atoms with Crippen molar-refractivity contribution < 1.29 is 9.53 Å². The van der Waals surface area contributed by atoms with Gasteiger partial charge >= 0.3 is 0 Å². The smallest absolute Gasteiger partial charge is 0.230 e. The number of pyridine rings is 1. The first-order valence-electron chi connectivity index (χ1n) is 8.29. The highest BCUT2D eigenvalue weighted by atomic mass is 32.1. The molecule has 26 heavy (non-hydrogen) atoms. The fourth-order valence-electron chi connectivity index (χ4n) is 2.33. The summed E-state index contributed by atoms with van der Waals surface area (Å²) in [5, 5.41) is 8.61. The summed E-state index contributed by atoms with van der Waals surface area (Å²) in [7, 11) is 0. The van der Waals surface area contributed by atoms with E-state index < -0.39 is 0 Å². The van der Waals surface area contributed by atoms with E-state index in [9.17, 15) is 4.79 Å². The van der Waals surface area contributed by atoms with Crippen LogP contribution in [0.5, 0.6) is 5.75 Å². The molecule has 0 radical (unpaired) electrons. The van der Waals surface area contributed by atoms with Crippen molar-refractivity contribution in [3.05, 3.63) is 59.2 Å². The molecule has 0 saturated heterocycles. The molecule has 2 N–H and O–H groups in total. The van der Waals surface area contributed by atoms with Crippen molar-refractivity contribution in [1.82, 2.24) is 9.97 Å². The Balaban J connectivity index is 1.55. The average Bonchev–Trinajstić information content (AvgIpc) is 3.03. The molecule has 134 valence electrons. The molecule has 1 aromatic carbocycles. The number of carbonyl (C=O) groups is 1. The van der Waals surface area contributed by atoms with Gasteiger partial charge in [0, 0.05) is 17.3 Å². The molecule has 3 rings (SSSR count). The Morgan fingerprint density at radius 1 is 1.23 bits per heavy atom. The first-order chi connectivity index (χ1) is 12.6. The van der Waals surface area contributed by atoms with Gasteiger partial charge < -0.3 is 15.4 Å². The first kappa shape index (κ1) is 17.9. The van der Waals surface area contributed by atoms with E-state index in [4.69, 9.17) is 4.74 Å². The van der Waals surface area contributed by atoms with Crippen LogP contribution >= 0.6 is 11.3 Å². The minimum absolute atomic E-state index is 0.111. The van der Waals surface area contributed by atoms with Crippen molar-refractivity contribution in [2.45, 2.75) is 20.3 Å². The van der Waals surface area contributed by atoms with Crippen LogP contribution < -0.4 is 15.4 Å². The molecular weight excluding hydrogens is 348 g/mol. The lowest BCUT2D eigenvalue weighted by molar-refractivity contribution is -0.115. The zero-order valence-corrected chi connectivity index (χ0v) is 15.5. The van der Waals surface area contributed by atoms with E-state index in [0.29, 0.717) is 17.4 Å². The summed E-state index contributed by atoms with van der Waals surface area (Å²) in [6.07, 6.45) is 1.96. The Morgan fingerprint density at radius 3 is 2.77 bits per heavy atom. The van der Waals surface area contributed by atoms with Gasteiger partial charge in [-0.25, -0.2) is 9.97 Å². The minimum atomic E-state index is -0.111. The lowest BCUT2D eigenvalue weighted by atomic mass is 10.2. The predicted molar refractivity (Wildman–Crippen MR) is 104 cm³/mol. The molecule has 0 spiro atoms. The van der Waals surface area contributed by atoms with Crippen LogP contribution in [0, 0.1) is 6.92 Å². The molecule has 7 heteroatoms. The number of carbonyl (C=O) groups excluding carboxylic acids is 1. The van der Waals surface area contributed by atoms with Crippen molar-refractivity contribution in [3.8, 4) is 5.75 Å². The Bertz CT molecular complexity index is 877. The molecule has 2 heterocycles. The molecule has 0 aliphatic carbocycles. The van der Waals surface area contributed by atoms with Crippen molar-refractivity contribution in [2.24, 2.45) is 0 Å². The highest BCUT2D eigenvalue weighted by Crippen LogP contribution is 2.21. The topological polar surface area (TPSA) is 76.1 Å². The number of benzene rings is 1. The maximum absolute atomic E-state index is 12.2. The third kappa shape index (κ3) is 5.03. The van der Waals surface area contributed by atoms with Crippen LogP contribution in [0.1, 0.15) is 18.2 Å². The number of hydrogen-bond acceptors (Lipinski definition) is 6. The van der Waals surface area contributed by atoms with Gasteiger partial charge in [-0.1, -0.05) is 0 Å². The molecule has 6 nitrogen and oxygen atoms in total. The normalized spacial score (nSPS) is 10.4. The van der Waals surface area contributed by atoms with Gasteiger partial charge in [-0.3, -0.25) is 4.79 Å². The molecular formula is C19H20N4O2S. The zero-order chi connectivity index (χ0) is 18.4. The van der Waals surface area contributed by atoms with Crippen LogP contribution in [0.25, 0.3) is 0 Å². The number of thiazole rings is 1. The van der Waals surface area contributed by atoms with Gasteiger partial charge in [0.05, 0.1) is 18.7 Å². The van der Waals surface area contributed by atoms with E-state index in [2.05, 4.69) is 20.6 Å². The summed E-state index contributed by atoms with van der Waals surface area (Å²) in [6.45, 7) is 4.55. The number of anilines is 3. The van der Waals surface area contributed by atoms with E-state index in [0.717, 1.165) is 22.8 Å². The molecule has 0 fully saturated rings. The zero-order valence-electron chi connectivity index (χ0n) is 14.7. The van der Waals surface area contributed by atoms with Crippen LogP contribution in [0.3, 0.4) is 0 Å². The maximum Gasteiger partial charge on any atom is 0.230 e. The second-order valence-electron chi connectivity index (χ2n) is 5.67. The molecule has 2 aromatic heterocycles. The molecule has 0 aliphatic heterocycles. The van der Waals surface area contributed by atoms with E-state index in [-0.39, 0.29) is 12.3 Å². The lowest BCUT2D eigenvalue weighted by Gasteiger charge is -2.06. The maximum atomic E-state index is 12.2. The molecule has 1 amide bonds. The van der Waals surface area contributed by atoms with Gasteiger partial charge in [0.1, 0.15) is 11.6 Å². The lowest BCUT2D eigenvalue weighted by Crippen LogP contribution is -2.14. The van der Waals surface area contributed by atoms with Crippen LogP contribution in [0.15, 0.2) is 48.0 Å². The van der Waals surface area contributed by atoms with E-state index in [1.54, 1.807) is 6.20 Å². The monoisotopic (exact) mass is 368 g/mol. The highest BCUT2D eigenvalue weighted by Gasteiger charge is 2.09. The number of aryl methyl sites for hydroxylation is 1. The fraction of sp³-hybridized carbons (Fsp3) is 0.211. The minimum Gasteiger partial charge on any atom is -0.494 e. The van der Waals surface area contributed by atoms with Crippen LogP contribution in [0.4, 0.5) is 16.6 Å². The van der Waals surface area contributed by atoms with Crippen molar-refractivity contribution in [1.29, 1.82) is 0 Å². The standard InChI is InChI=1S/C19H20N4O2S/c1-3-25-16-6-4-14(5-7-16)21-18(24)11-15-12-26-19(22-15)23-17-10-13(2)8-9-20-17/h4-10,12H,3,11H2,1-2H3,(H,21,24)(H,20,22,23). The number of hydrogen-bond donors (Lipinski definition) is 2. The molecule has 0 saturated carbocycles. The molecule has 0 atom stereocenters. The number of nitrogens with one attached hydrogen (secondary N) is 2. The van der Waals surface area contributed by atoms with E-state index >= 15 is 0 Å².